The summed E-state index contributed by atoms with van der Waals surface area (Å²) in [5.74, 6) is 0.830. The molecule has 1 amide bonds. The van der Waals surface area contributed by atoms with Crippen LogP contribution in [0.15, 0.2) is 12.5 Å². The van der Waals surface area contributed by atoms with Gasteiger partial charge in [0.1, 0.15) is 6.33 Å². The van der Waals surface area contributed by atoms with Gasteiger partial charge in [-0.15, -0.1) is 0 Å². The Labute approximate surface area is 132 Å². The summed E-state index contributed by atoms with van der Waals surface area (Å²) < 4.78 is 0. The molecular formula is C17H26N4O. The lowest BCUT2D eigenvalue weighted by Gasteiger charge is -2.42. The maximum absolute atomic E-state index is 12.6. The zero-order valence-electron chi connectivity index (χ0n) is 13.7. The Hall–Kier alpha value is -1.49. The molecule has 1 aromatic heterocycles. The van der Waals surface area contributed by atoms with Gasteiger partial charge in [0.15, 0.2) is 0 Å². The highest BCUT2D eigenvalue weighted by molar-refractivity contribution is 5.94. The molecule has 1 unspecified atom stereocenters. The molecule has 120 valence electrons. The second-order valence-corrected chi connectivity index (χ2v) is 6.70. The van der Waals surface area contributed by atoms with Crippen LogP contribution in [-0.2, 0) is 0 Å². The number of hydrogen-bond donors (Lipinski definition) is 0. The summed E-state index contributed by atoms with van der Waals surface area (Å²) in [6, 6.07) is 0.716. The number of nitrogens with zero attached hydrogens (tertiary/aromatic N) is 4. The maximum Gasteiger partial charge on any atom is 0.257 e. The standard InChI is InChI=1S/C17H26N4O/c1-13-15(11-18-12-19-13)17(22)21-9-6-14(7-10-21)16-5-3-4-8-20(16)2/h11-12,14,16H,3-10H2,1-2H3. The summed E-state index contributed by atoms with van der Waals surface area (Å²) in [5.41, 5.74) is 1.42. The number of likely N-dealkylation sites (tertiary alicyclic amines) is 2. The van der Waals surface area contributed by atoms with Gasteiger partial charge in [0, 0.05) is 25.3 Å². The van der Waals surface area contributed by atoms with Crippen molar-refractivity contribution in [3.05, 3.63) is 23.8 Å². The first-order chi connectivity index (χ1) is 10.7. The minimum absolute atomic E-state index is 0.0912. The molecule has 5 nitrogen and oxygen atoms in total. The Balaban J connectivity index is 1.60. The molecule has 0 radical (unpaired) electrons. The van der Waals surface area contributed by atoms with Gasteiger partial charge in [0.25, 0.3) is 5.91 Å². The molecule has 1 aromatic rings. The lowest BCUT2D eigenvalue weighted by molar-refractivity contribution is 0.0553. The lowest BCUT2D eigenvalue weighted by Crippen LogP contribution is -2.47. The van der Waals surface area contributed by atoms with Crippen LogP contribution in [0.4, 0.5) is 0 Å². The molecule has 0 N–H and O–H groups in total. The van der Waals surface area contributed by atoms with Crippen LogP contribution in [0.3, 0.4) is 0 Å². The van der Waals surface area contributed by atoms with E-state index in [4.69, 9.17) is 0 Å². The highest BCUT2D eigenvalue weighted by Crippen LogP contribution is 2.30. The van der Waals surface area contributed by atoms with Gasteiger partial charge in [-0.05, 0) is 52.1 Å². The third-order valence-electron chi connectivity index (χ3n) is 5.34. The Kier molecular flexibility index (Phi) is 4.71. The van der Waals surface area contributed by atoms with Crippen LogP contribution < -0.4 is 0 Å². The summed E-state index contributed by atoms with van der Waals surface area (Å²) in [4.78, 5) is 25.2. The third-order valence-corrected chi connectivity index (χ3v) is 5.34. The molecular weight excluding hydrogens is 276 g/mol. The van der Waals surface area contributed by atoms with Gasteiger partial charge >= 0.3 is 0 Å². The largest absolute Gasteiger partial charge is 0.339 e. The molecule has 0 aliphatic carbocycles. The van der Waals surface area contributed by atoms with Crippen molar-refractivity contribution in [3.63, 3.8) is 0 Å². The number of amides is 1. The van der Waals surface area contributed by atoms with E-state index in [-0.39, 0.29) is 5.91 Å². The Morgan fingerprint density at radius 2 is 1.95 bits per heavy atom. The van der Waals surface area contributed by atoms with Gasteiger partial charge in [0.2, 0.25) is 0 Å². The van der Waals surface area contributed by atoms with Crippen molar-refractivity contribution in [3.8, 4) is 0 Å². The summed E-state index contributed by atoms with van der Waals surface area (Å²) in [6.45, 7) is 4.83. The number of carbonyl (C=O) groups excluding carboxylic acids is 1. The summed E-state index contributed by atoms with van der Waals surface area (Å²) in [7, 11) is 2.26. The van der Waals surface area contributed by atoms with Crippen LogP contribution in [0, 0.1) is 12.8 Å². The van der Waals surface area contributed by atoms with Crippen LogP contribution >= 0.6 is 0 Å². The Morgan fingerprint density at radius 3 is 2.64 bits per heavy atom. The quantitative estimate of drug-likeness (QED) is 0.839. The molecule has 1 atom stereocenters. The molecule has 0 saturated carbocycles. The number of aryl methyl sites for hydroxylation is 1. The predicted octanol–water partition coefficient (Wildman–Crippen LogP) is 2.12. The second kappa shape index (κ2) is 6.73. The molecule has 2 saturated heterocycles. The van der Waals surface area contributed by atoms with Gasteiger partial charge < -0.3 is 9.80 Å². The normalized spacial score (nSPS) is 24.5. The van der Waals surface area contributed by atoms with E-state index in [2.05, 4.69) is 21.9 Å². The van der Waals surface area contributed by atoms with Crippen molar-refractivity contribution in [2.45, 2.75) is 45.1 Å². The molecule has 2 aliphatic rings. The van der Waals surface area contributed by atoms with E-state index < -0.39 is 0 Å². The third kappa shape index (κ3) is 3.14. The van der Waals surface area contributed by atoms with Crippen molar-refractivity contribution >= 4 is 5.91 Å². The fourth-order valence-electron chi connectivity index (χ4n) is 3.95. The number of aromatic nitrogens is 2. The van der Waals surface area contributed by atoms with E-state index in [0.29, 0.717) is 11.6 Å². The average molecular weight is 302 g/mol. The van der Waals surface area contributed by atoms with Crippen LogP contribution in [-0.4, -0.2) is 58.4 Å². The van der Waals surface area contributed by atoms with Gasteiger partial charge in [-0.1, -0.05) is 6.42 Å². The van der Waals surface area contributed by atoms with E-state index in [1.807, 2.05) is 11.8 Å². The lowest BCUT2D eigenvalue weighted by atomic mass is 9.84. The first-order valence-electron chi connectivity index (χ1n) is 8.43. The van der Waals surface area contributed by atoms with E-state index >= 15 is 0 Å². The maximum atomic E-state index is 12.6. The smallest absolute Gasteiger partial charge is 0.257 e. The molecule has 0 bridgehead atoms. The summed E-state index contributed by atoms with van der Waals surface area (Å²) >= 11 is 0. The number of hydrogen-bond acceptors (Lipinski definition) is 4. The Morgan fingerprint density at radius 1 is 1.18 bits per heavy atom. The minimum atomic E-state index is 0.0912. The van der Waals surface area contributed by atoms with Crippen molar-refractivity contribution in [1.82, 2.24) is 19.8 Å². The molecule has 0 spiro atoms. The van der Waals surface area contributed by atoms with Crippen LogP contribution in [0.25, 0.3) is 0 Å². The van der Waals surface area contributed by atoms with Gasteiger partial charge in [0.05, 0.1) is 11.3 Å². The van der Waals surface area contributed by atoms with Gasteiger partial charge in [-0.3, -0.25) is 4.79 Å². The van der Waals surface area contributed by atoms with E-state index in [0.717, 1.165) is 37.5 Å². The Bertz CT molecular complexity index is 525. The fourth-order valence-corrected chi connectivity index (χ4v) is 3.95. The monoisotopic (exact) mass is 302 g/mol. The molecule has 2 fully saturated rings. The highest BCUT2D eigenvalue weighted by Gasteiger charge is 2.32. The minimum Gasteiger partial charge on any atom is -0.339 e. The first-order valence-corrected chi connectivity index (χ1v) is 8.43. The van der Waals surface area contributed by atoms with Crippen molar-refractivity contribution in [2.75, 3.05) is 26.7 Å². The van der Waals surface area contributed by atoms with E-state index in [9.17, 15) is 4.79 Å². The van der Waals surface area contributed by atoms with E-state index in [1.54, 1.807) is 6.20 Å². The van der Waals surface area contributed by atoms with Crippen LogP contribution in [0.2, 0.25) is 0 Å². The summed E-state index contributed by atoms with van der Waals surface area (Å²) in [5, 5.41) is 0. The van der Waals surface area contributed by atoms with Crippen LogP contribution in [0.1, 0.15) is 48.2 Å². The van der Waals surface area contributed by atoms with E-state index in [1.165, 1.54) is 32.1 Å². The fraction of sp³-hybridized carbons (Fsp3) is 0.706. The van der Waals surface area contributed by atoms with Crippen molar-refractivity contribution in [2.24, 2.45) is 5.92 Å². The number of piperidine rings is 2. The zero-order chi connectivity index (χ0) is 15.5. The SMILES string of the molecule is Cc1ncncc1C(=O)N1CCC(C2CCCCN2C)CC1. The molecule has 22 heavy (non-hydrogen) atoms. The van der Waals surface area contributed by atoms with Crippen molar-refractivity contribution in [1.29, 1.82) is 0 Å². The molecule has 3 rings (SSSR count). The topological polar surface area (TPSA) is 49.3 Å². The van der Waals surface area contributed by atoms with Gasteiger partial charge in [-0.25, -0.2) is 9.97 Å². The first kappa shape index (κ1) is 15.4. The average Bonchev–Trinajstić information content (AvgIpc) is 2.55. The number of carbonyl (C=O) groups is 1. The molecule has 2 aliphatic heterocycles. The molecule has 3 heterocycles. The predicted molar refractivity (Wildman–Crippen MR) is 85.7 cm³/mol. The van der Waals surface area contributed by atoms with Crippen LogP contribution in [0.5, 0.6) is 0 Å². The van der Waals surface area contributed by atoms with Crippen molar-refractivity contribution < 1.29 is 4.79 Å². The number of rotatable bonds is 2. The summed E-state index contributed by atoms with van der Waals surface area (Å²) in [6.07, 6.45) is 9.39. The molecule has 5 heteroatoms. The highest BCUT2D eigenvalue weighted by atomic mass is 16.2. The second-order valence-electron chi connectivity index (χ2n) is 6.70. The van der Waals surface area contributed by atoms with Gasteiger partial charge in [-0.2, -0.15) is 0 Å². The molecule has 0 aromatic carbocycles. The zero-order valence-corrected chi connectivity index (χ0v) is 13.7.